The zero-order chi connectivity index (χ0) is 17.1. The fourth-order valence-electron chi connectivity index (χ4n) is 3.24. The molecule has 0 aliphatic carbocycles. The van der Waals surface area contributed by atoms with Crippen molar-refractivity contribution in [3.63, 3.8) is 0 Å². The molecule has 1 aliphatic heterocycles. The van der Waals surface area contributed by atoms with Gasteiger partial charge in [-0.3, -0.25) is 4.79 Å². The average molecular weight is 361 g/mol. The minimum Gasteiger partial charge on any atom is -0.493 e. The summed E-state index contributed by atoms with van der Waals surface area (Å²) in [7, 11) is 0. The molecule has 0 fully saturated rings. The number of ether oxygens (including phenoxy) is 1. The first kappa shape index (κ1) is 17.4. The fourth-order valence-corrected chi connectivity index (χ4v) is 4.38. The van der Waals surface area contributed by atoms with E-state index in [0.717, 1.165) is 11.3 Å². The summed E-state index contributed by atoms with van der Waals surface area (Å²) in [5.74, 6) is 1.29. The maximum atomic E-state index is 12.8. The summed E-state index contributed by atoms with van der Waals surface area (Å²) in [4.78, 5) is 12.8. The Balaban J connectivity index is 1.73. The van der Waals surface area contributed by atoms with Crippen LogP contribution in [0, 0.1) is 5.92 Å². The summed E-state index contributed by atoms with van der Waals surface area (Å²) >= 11 is 7.73. The SMILES string of the molecule is CSC1c2ccccc2OCC1CC(=O)[C@@H](C)c1ccc(Cl)cc1. The second kappa shape index (κ2) is 7.62. The number of thioether (sulfide) groups is 1. The summed E-state index contributed by atoms with van der Waals surface area (Å²) in [6.07, 6.45) is 2.64. The van der Waals surface area contributed by atoms with Gasteiger partial charge in [0.05, 0.1) is 6.61 Å². The molecule has 3 rings (SSSR count). The van der Waals surface area contributed by atoms with E-state index >= 15 is 0 Å². The Morgan fingerprint density at radius 1 is 1.25 bits per heavy atom. The van der Waals surface area contributed by atoms with E-state index in [1.54, 1.807) is 11.8 Å². The molecular formula is C20H21ClO2S. The third-order valence-corrected chi connectivity index (χ3v) is 6.08. The maximum absolute atomic E-state index is 12.8. The molecule has 24 heavy (non-hydrogen) atoms. The van der Waals surface area contributed by atoms with Crippen LogP contribution < -0.4 is 4.74 Å². The number of Topliss-reactive ketones (excluding diaryl/α,β-unsaturated/α-hetero) is 1. The molecule has 1 heterocycles. The van der Waals surface area contributed by atoms with Crippen molar-refractivity contribution < 1.29 is 9.53 Å². The van der Waals surface area contributed by atoms with Crippen molar-refractivity contribution in [3.05, 3.63) is 64.7 Å². The van der Waals surface area contributed by atoms with Gasteiger partial charge in [-0.2, -0.15) is 11.8 Å². The molecule has 2 unspecified atom stereocenters. The van der Waals surface area contributed by atoms with Crippen LogP contribution in [0.15, 0.2) is 48.5 Å². The number of halogens is 1. The van der Waals surface area contributed by atoms with Crippen molar-refractivity contribution in [1.29, 1.82) is 0 Å². The zero-order valence-electron chi connectivity index (χ0n) is 13.9. The number of carbonyl (C=O) groups is 1. The van der Waals surface area contributed by atoms with E-state index in [0.29, 0.717) is 23.3 Å². The predicted molar refractivity (Wildman–Crippen MR) is 101 cm³/mol. The lowest BCUT2D eigenvalue weighted by Crippen LogP contribution is -2.27. The topological polar surface area (TPSA) is 26.3 Å². The Labute approximate surface area is 152 Å². The first-order valence-electron chi connectivity index (χ1n) is 8.13. The van der Waals surface area contributed by atoms with Crippen LogP contribution in [-0.4, -0.2) is 18.6 Å². The largest absolute Gasteiger partial charge is 0.493 e. The lowest BCUT2D eigenvalue weighted by molar-refractivity contribution is -0.121. The van der Waals surface area contributed by atoms with Crippen LogP contribution in [0.4, 0.5) is 0 Å². The van der Waals surface area contributed by atoms with Gasteiger partial charge >= 0.3 is 0 Å². The monoisotopic (exact) mass is 360 g/mol. The van der Waals surface area contributed by atoms with Gasteiger partial charge in [-0.1, -0.05) is 48.9 Å². The number of rotatable bonds is 5. The number of benzene rings is 2. The van der Waals surface area contributed by atoms with Gasteiger partial charge in [-0.15, -0.1) is 0 Å². The number of hydrogen-bond donors (Lipinski definition) is 0. The van der Waals surface area contributed by atoms with Gasteiger partial charge in [0.2, 0.25) is 0 Å². The lowest BCUT2D eigenvalue weighted by Gasteiger charge is -2.32. The van der Waals surface area contributed by atoms with Crippen LogP contribution in [0.1, 0.15) is 35.6 Å². The minimum absolute atomic E-state index is 0.123. The normalized spacial score (nSPS) is 20.8. The molecule has 4 heteroatoms. The number of fused-ring (bicyclic) bond motifs is 1. The molecule has 0 saturated carbocycles. The molecule has 0 aromatic heterocycles. The van der Waals surface area contributed by atoms with E-state index in [1.165, 1.54) is 5.56 Å². The summed E-state index contributed by atoms with van der Waals surface area (Å²) in [6.45, 7) is 2.57. The second-order valence-corrected chi connectivity index (χ2v) is 7.62. The van der Waals surface area contributed by atoms with Gasteiger partial charge in [0.15, 0.2) is 0 Å². The highest BCUT2D eigenvalue weighted by Crippen LogP contribution is 2.44. The van der Waals surface area contributed by atoms with Gasteiger partial charge in [-0.05, 0) is 30.0 Å². The Hall–Kier alpha value is -1.45. The highest BCUT2D eigenvalue weighted by molar-refractivity contribution is 7.98. The van der Waals surface area contributed by atoms with Crippen LogP contribution in [0.5, 0.6) is 5.75 Å². The van der Waals surface area contributed by atoms with E-state index in [1.807, 2.05) is 49.4 Å². The quantitative estimate of drug-likeness (QED) is 0.702. The Morgan fingerprint density at radius 3 is 2.67 bits per heavy atom. The van der Waals surface area contributed by atoms with Gasteiger partial charge in [0.25, 0.3) is 0 Å². The molecule has 0 radical (unpaired) electrons. The van der Waals surface area contributed by atoms with Gasteiger partial charge < -0.3 is 4.74 Å². The maximum Gasteiger partial charge on any atom is 0.140 e. The predicted octanol–water partition coefficient (Wildman–Crippen LogP) is 5.52. The number of ketones is 1. The molecule has 2 aromatic rings. The summed E-state index contributed by atoms with van der Waals surface area (Å²) in [5, 5.41) is 0.995. The second-order valence-electron chi connectivity index (χ2n) is 6.21. The van der Waals surface area contributed by atoms with E-state index in [4.69, 9.17) is 16.3 Å². The van der Waals surface area contributed by atoms with E-state index in [9.17, 15) is 4.79 Å². The van der Waals surface area contributed by atoms with Crippen LogP contribution in [-0.2, 0) is 4.79 Å². The number of para-hydroxylation sites is 1. The van der Waals surface area contributed by atoms with Crippen molar-refractivity contribution in [3.8, 4) is 5.75 Å². The molecule has 0 bridgehead atoms. The third kappa shape index (κ3) is 3.62. The summed E-state index contributed by atoms with van der Waals surface area (Å²) in [5.41, 5.74) is 2.22. The average Bonchev–Trinajstić information content (AvgIpc) is 2.61. The van der Waals surface area contributed by atoms with Crippen LogP contribution in [0.25, 0.3) is 0 Å². The molecule has 2 aromatic carbocycles. The molecule has 0 N–H and O–H groups in total. The number of carbonyl (C=O) groups excluding carboxylic acids is 1. The summed E-state index contributed by atoms with van der Waals surface area (Å²) < 4.78 is 5.89. The molecule has 2 nitrogen and oxygen atoms in total. The van der Waals surface area contributed by atoms with E-state index in [2.05, 4.69) is 12.3 Å². The van der Waals surface area contributed by atoms with Crippen LogP contribution in [0.2, 0.25) is 5.02 Å². The highest BCUT2D eigenvalue weighted by atomic mass is 35.5. The lowest BCUT2D eigenvalue weighted by atomic mass is 9.86. The van der Waals surface area contributed by atoms with Crippen molar-refractivity contribution in [2.24, 2.45) is 5.92 Å². The fraction of sp³-hybridized carbons (Fsp3) is 0.350. The van der Waals surface area contributed by atoms with Gasteiger partial charge in [0.1, 0.15) is 11.5 Å². The first-order chi connectivity index (χ1) is 11.6. The van der Waals surface area contributed by atoms with Crippen molar-refractivity contribution in [2.45, 2.75) is 24.5 Å². The Morgan fingerprint density at radius 2 is 1.96 bits per heavy atom. The van der Waals surface area contributed by atoms with Crippen molar-refractivity contribution >= 4 is 29.1 Å². The molecule has 0 saturated heterocycles. The van der Waals surface area contributed by atoms with Crippen LogP contribution >= 0.6 is 23.4 Å². The van der Waals surface area contributed by atoms with Gasteiger partial charge in [0, 0.05) is 34.1 Å². The van der Waals surface area contributed by atoms with Crippen molar-refractivity contribution in [1.82, 2.24) is 0 Å². The highest BCUT2D eigenvalue weighted by Gasteiger charge is 2.32. The van der Waals surface area contributed by atoms with E-state index in [-0.39, 0.29) is 17.6 Å². The first-order valence-corrected chi connectivity index (χ1v) is 9.79. The third-order valence-electron chi connectivity index (χ3n) is 4.68. The van der Waals surface area contributed by atoms with E-state index < -0.39 is 0 Å². The molecule has 3 atom stereocenters. The number of hydrogen-bond acceptors (Lipinski definition) is 3. The minimum atomic E-state index is -0.123. The summed E-state index contributed by atoms with van der Waals surface area (Å²) in [6, 6.07) is 15.7. The smallest absolute Gasteiger partial charge is 0.140 e. The molecule has 0 amide bonds. The van der Waals surface area contributed by atoms with Gasteiger partial charge in [-0.25, -0.2) is 0 Å². The Bertz CT molecular complexity index is 714. The standard InChI is InChI=1S/C20H21ClO2S/c1-13(14-7-9-16(21)10-8-14)18(22)11-15-12-23-19-6-4-3-5-17(19)20(15)24-2/h3-10,13,15,20H,11-12H2,1-2H3/t13-,15?,20?/m0/s1. The molecule has 0 spiro atoms. The van der Waals surface area contributed by atoms with Crippen molar-refractivity contribution in [2.75, 3.05) is 12.9 Å². The van der Waals surface area contributed by atoms with Crippen LogP contribution in [0.3, 0.4) is 0 Å². The Kier molecular flexibility index (Phi) is 5.52. The molecular weight excluding hydrogens is 340 g/mol. The molecule has 126 valence electrons. The molecule has 1 aliphatic rings. The zero-order valence-corrected chi connectivity index (χ0v) is 15.4.